The van der Waals surface area contributed by atoms with Crippen LogP contribution in [0.4, 0.5) is 0 Å². The van der Waals surface area contributed by atoms with Gasteiger partial charge in [0.1, 0.15) is 5.76 Å². The Labute approximate surface area is 89.9 Å². The Morgan fingerprint density at radius 3 is 2.73 bits per heavy atom. The zero-order valence-electron chi connectivity index (χ0n) is 9.45. The second-order valence-electron chi connectivity index (χ2n) is 4.07. The highest BCUT2D eigenvalue weighted by atomic mass is 16.5. The van der Waals surface area contributed by atoms with Crippen molar-refractivity contribution in [1.29, 1.82) is 0 Å². The second-order valence-corrected chi connectivity index (χ2v) is 4.07. The quantitative estimate of drug-likeness (QED) is 0.704. The smallest absolute Gasteiger partial charge is 0.257 e. The third-order valence-corrected chi connectivity index (χ3v) is 2.36. The molecule has 0 unspecified atom stereocenters. The van der Waals surface area contributed by atoms with Gasteiger partial charge in [0.05, 0.1) is 13.7 Å². The van der Waals surface area contributed by atoms with Gasteiger partial charge in [0.2, 0.25) is 5.91 Å². The van der Waals surface area contributed by atoms with Crippen LogP contribution >= 0.6 is 0 Å². The number of amides is 2. The summed E-state index contributed by atoms with van der Waals surface area (Å²) in [5.41, 5.74) is 0. The van der Waals surface area contributed by atoms with E-state index in [1.54, 1.807) is 0 Å². The second kappa shape index (κ2) is 4.96. The van der Waals surface area contributed by atoms with Crippen molar-refractivity contribution in [3.05, 3.63) is 11.8 Å². The van der Waals surface area contributed by atoms with Gasteiger partial charge in [-0.05, 0) is 12.3 Å². The summed E-state index contributed by atoms with van der Waals surface area (Å²) in [5.74, 6) is 0.650. The third-order valence-electron chi connectivity index (χ3n) is 2.36. The summed E-state index contributed by atoms with van der Waals surface area (Å²) in [6.45, 7) is 4.39. The van der Waals surface area contributed by atoms with Crippen LogP contribution in [0.2, 0.25) is 0 Å². The lowest BCUT2D eigenvalue weighted by Gasteiger charge is -2.14. The molecule has 15 heavy (non-hydrogen) atoms. The molecule has 0 aromatic carbocycles. The molecule has 1 aliphatic heterocycles. The van der Waals surface area contributed by atoms with Crippen molar-refractivity contribution in [2.45, 2.75) is 26.7 Å². The van der Waals surface area contributed by atoms with Crippen LogP contribution in [0, 0.1) is 5.92 Å². The summed E-state index contributed by atoms with van der Waals surface area (Å²) in [6, 6.07) is 0. The number of methoxy groups -OCH3 is 1. The number of rotatable bonds is 4. The van der Waals surface area contributed by atoms with Crippen molar-refractivity contribution in [3.63, 3.8) is 0 Å². The van der Waals surface area contributed by atoms with Crippen molar-refractivity contribution in [2.75, 3.05) is 13.7 Å². The molecule has 0 aromatic rings. The number of imide groups is 1. The fourth-order valence-electron chi connectivity index (χ4n) is 1.38. The van der Waals surface area contributed by atoms with Gasteiger partial charge < -0.3 is 4.74 Å². The SMILES string of the molecule is COC1=CC(=O)N(C(=O)CCC(C)C)C1. The summed E-state index contributed by atoms with van der Waals surface area (Å²) in [7, 11) is 1.50. The normalized spacial score (nSPS) is 15.9. The molecule has 0 saturated heterocycles. The number of hydrogen-bond acceptors (Lipinski definition) is 3. The molecule has 0 bridgehead atoms. The van der Waals surface area contributed by atoms with Crippen LogP contribution in [0.3, 0.4) is 0 Å². The molecule has 4 heteroatoms. The van der Waals surface area contributed by atoms with E-state index in [0.29, 0.717) is 18.1 Å². The standard InChI is InChI=1S/C11H17NO3/c1-8(2)4-5-10(13)12-7-9(15-3)6-11(12)14/h6,8H,4-5,7H2,1-3H3. The van der Waals surface area contributed by atoms with Crippen LogP contribution in [0.1, 0.15) is 26.7 Å². The first-order valence-corrected chi connectivity index (χ1v) is 5.13. The molecule has 0 aromatic heterocycles. The monoisotopic (exact) mass is 211 g/mol. The predicted molar refractivity (Wildman–Crippen MR) is 55.9 cm³/mol. The molecule has 0 radical (unpaired) electrons. The van der Waals surface area contributed by atoms with Gasteiger partial charge in [-0.25, -0.2) is 0 Å². The first-order valence-electron chi connectivity index (χ1n) is 5.13. The lowest BCUT2D eigenvalue weighted by molar-refractivity contribution is -0.140. The maximum Gasteiger partial charge on any atom is 0.257 e. The number of hydrogen-bond donors (Lipinski definition) is 0. The molecule has 1 rings (SSSR count). The highest BCUT2D eigenvalue weighted by molar-refractivity contribution is 6.03. The third kappa shape index (κ3) is 3.08. The molecule has 1 aliphatic rings. The Hall–Kier alpha value is -1.32. The number of nitrogens with zero attached hydrogens (tertiary/aromatic N) is 1. The van der Waals surface area contributed by atoms with E-state index < -0.39 is 0 Å². The highest BCUT2D eigenvalue weighted by Gasteiger charge is 2.27. The molecule has 0 fully saturated rings. The Balaban J connectivity index is 2.46. The lowest BCUT2D eigenvalue weighted by atomic mass is 10.1. The molecule has 0 aliphatic carbocycles. The fourth-order valence-corrected chi connectivity index (χ4v) is 1.38. The van der Waals surface area contributed by atoms with Gasteiger partial charge in [-0.1, -0.05) is 13.8 Å². The van der Waals surface area contributed by atoms with Crippen molar-refractivity contribution < 1.29 is 14.3 Å². The van der Waals surface area contributed by atoms with Crippen molar-refractivity contribution in [2.24, 2.45) is 5.92 Å². The van der Waals surface area contributed by atoms with Gasteiger partial charge in [-0.2, -0.15) is 0 Å². The number of carbonyl (C=O) groups is 2. The van der Waals surface area contributed by atoms with E-state index in [4.69, 9.17) is 4.74 Å². The predicted octanol–water partition coefficient (Wildman–Crippen LogP) is 1.32. The van der Waals surface area contributed by atoms with Gasteiger partial charge in [-0.15, -0.1) is 0 Å². The summed E-state index contributed by atoms with van der Waals surface area (Å²) >= 11 is 0. The van der Waals surface area contributed by atoms with Crippen LogP contribution in [0.5, 0.6) is 0 Å². The molecule has 2 amide bonds. The van der Waals surface area contributed by atoms with Gasteiger partial charge in [-0.3, -0.25) is 14.5 Å². The first kappa shape index (κ1) is 11.8. The van der Waals surface area contributed by atoms with E-state index in [2.05, 4.69) is 13.8 Å². The van der Waals surface area contributed by atoms with Crippen LogP contribution in [0.15, 0.2) is 11.8 Å². The van der Waals surface area contributed by atoms with E-state index in [1.165, 1.54) is 18.1 Å². The maximum absolute atomic E-state index is 11.6. The summed E-state index contributed by atoms with van der Waals surface area (Å²) in [6.07, 6.45) is 2.60. The largest absolute Gasteiger partial charge is 0.499 e. The van der Waals surface area contributed by atoms with Crippen LogP contribution < -0.4 is 0 Å². The molecule has 0 saturated carbocycles. The van der Waals surface area contributed by atoms with Gasteiger partial charge >= 0.3 is 0 Å². The zero-order chi connectivity index (χ0) is 11.4. The minimum absolute atomic E-state index is 0.114. The molecule has 84 valence electrons. The average Bonchev–Trinajstić information content (AvgIpc) is 2.56. The Kier molecular flexibility index (Phi) is 3.88. The molecular formula is C11H17NO3. The van der Waals surface area contributed by atoms with Crippen molar-refractivity contribution >= 4 is 11.8 Å². The van der Waals surface area contributed by atoms with E-state index in [1.807, 2.05) is 0 Å². The average molecular weight is 211 g/mol. The van der Waals surface area contributed by atoms with E-state index in [0.717, 1.165) is 6.42 Å². The summed E-state index contributed by atoms with van der Waals surface area (Å²) in [5, 5.41) is 0. The first-order chi connectivity index (χ1) is 7.04. The van der Waals surface area contributed by atoms with Gasteiger partial charge in [0, 0.05) is 12.5 Å². The van der Waals surface area contributed by atoms with Crippen LogP contribution in [-0.4, -0.2) is 30.4 Å². The zero-order valence-corrected chi connectivity index (χ0v) is 9.45. The Bertz CT molecular complexity index is 294. The lowest BCUT2D eigenvalue weighted by Crippen LogP contribution is -2.33. The molecule has 0 atom stereocenters. The number of ether oxygens (including phenoxy) is 1. The minimum atomic E-state index is -0.263. The van der Waals surface area contributed by atoms with E-state index >= 15 is 0 Å². The molecule has 4 nitrogen and oxygen atoms in total. The summed E-state index contributed by atoms with van der Waals surface area (Å²) < 4.78 is 4.93. The van der Waals surface area contributed by atoms with E-state index in [9.17, 15) is 9.59 Å². The minimum Gasteiger partial charge on any atom is -0.499 e. The molecular weight excluding hydrogens is 194 g/mol. The Morgan fingerprint density at radius 1 is 1.60 bits per heavy atom. The summed E-state index contributed by atoms with van der Waals surface area (Å²) in [4.78, 5) is 24.3. The fraction of sp³-hybridized carbons (Fsp3) is 0.636. The van der Waals surface area contributed by atoms with Gasteiger partial charge in [0.25, 0.3) is 5.91 Å². The van der Waals surface area contributed by atoms with Crippen LogP contribution in [0.25, 0.3) is 0 Å². The van der Waals surface area contributed by atoms with Crippen molar-refractivity contribution in [3.8, 4) is 0 Å². The van der Waals surface area contributed by atoms with Gasteiger partial charge in [0.15, 0.2) is 0 Å². The topological polar surface area (TPSA) is 46.6 Å². The van der Waals surface area contributed by atoms with E-state index in [-0.39, 0.29) is 18.4 Å². The molecule has 0 spiro atoms. The molecule has 0 N–H and O–H groups in total. The number of carbonyl (C=O) groups excluding carboxylic acids is 2. The molecule has 1 heterocycles. The van der Waals surface area contributed by atoms with Crippen LogP contribution in [-0.2, 0) is 14.3 Å². The maximum atomic E-state index is 11.6. The highest BCUT2D eigenvalue weighted by Crippen LogP contribution is 2.14. The Morgan fingerprint density at radius 2 is 2.27 bits per heavy atom. The van der Waals surface area contributed by atoms with Crippen molar-refractivity contribution in [1.82, 2.24) is 4.90 Å².